The molecule has 4 aromatic rings. The molecule has 184 valence electrons. The highest BCUT2D eigenvalue weighted by molar-refractivity contribution is 5.73. The van der Waals surface area contributed by atoms with Crippen LogP contribution in [0, 0.1) is 0 Å². The maximum Gasteiger partial charge on any atom is 0.409 e. The molecule has 2 heterocycles. The lowest BCUT2D eigenvalue weighted by molar-refractivity contribution is 0.0700. The topological polar surface area (TPSA) is 56.6 Å². The predicted octanol–water partition coefficient (Wildman–Crippen LogP) is 6.18. The van der Waals surface area contributed by atoms with E-state index >= 15 is 0 Å². The van der Waals surface area contributed by atoms with E-state index in [-0.39, 0.29) is 12.0 Å². The van der Waals surface area contributed by atoms with Crippen molar-refractivity contribution in [3.05, 3.63) is 102 Å². The zero-order valence-corrected chi connectivity index (χ0v) is 20.5. The zero-order chi connectivity index (χ0) is 24.7. The molecular formula is C30H31N3O3. The number of nitrogens with zero attached hydrogens (tertiary/aromatic N) is 3. The Hall–Kier alpha value is -4.06. The van der Waals surface area contributed by atoms with E-state index in [1.54, 1.807) is 9.75 Å². The number of aromatic nitrogens is 2. The van der Waals surface area contributed by atoms with Crippen LogP contribution < -0.4 is 4.84 Å². The Bertz CT molecular complexity index is 1280. The molecule has 0 spiro atoms. The van der Waals surface area contributed by atoms with Gasteiger partial charge in [-0.05, 0) is 48.4 Å². The minimum absolute atomic E-state index is 0.228. The van der Waals surface area contributed by atoms with Crippen LogP contribution >= 0.6 is 0 Å². The number of carbonyl (C=O) groups excluding carboxylic acids is 1. The molecule has 0 N–H and O–H groups in total. The van der Waals surface area contributed by atoms with E-state index in [0.29, 0.717) is 26.3 Å². The Balaban J connectivity index is 1.43. The molecule has 6 heteroatoms. The lowest BCUT2D eigenvalue weighted by atomic mass is 9.88. The van der Waals surface area contributed by atoms with Crippen LogP contribution in [0.4, 0.5) is 4.79 Å². The molecule has 0 atom stereocenters. The Morgan fingerprint density at radius 1 is 0.889 bits per heavy atom. The average Bonchev–Trinajstić information content (AvgIpc) is 3.38. The molecule has 0 saturated carbocycles. The number of rotatable bonds is 7. The predicted molar refractivity (Wildman–Crippen MR) is 140 cm³/mol. The molecule has 0 aliphatic carbocycles. The van der Waals surface area contributed by atoms with Crippen molar-refractivity contribution < 1.29 is 14.4 Å². The number of likely N-dealkylation sites (tertiary alicyclic amines) is 1. The Kier molecular flexibility index (Phi) is 7.31. The Morgan fingerprint density at radius 3 is 2.28 bits per heavy atom. The monoisotopic (exact) mass is 481 g/mol. The molecule has 3 aromatic carbocycles. The van der Waals surface area contributed by atoms with Gasteiger partial charge in [0.05, 0.1) is 18.5 Å². The van der Waals surface area contributed by atoms with Gasteiger partial charge in [0.15, 0.2) is 0 Å². The van der Waals surface area contributed by atoms with Crippen LogP contribution in [0.25, 0.3) is 22.4 Å². The van der Waals surface area contributed by atoms with E-state index < -0.39 is 0 Å². The van der Waals surface area contributed by atoms with Crippen molar-refractivity contribution in [3.8, 4) is 22.4 Å². The van der Waals surface area contributed by atoms with Gasteiger partial charge in [-0.15, -0.1) is 9.94 Å². The molecule has 0 radical (unpaired) electrons. The molecular weight excluding hydrogens is 450 g/mol. The van der Waals surface area contributed by atoms with Crippen molar-refractivity contribution in [1.29, 1.82) is 0 Å². The minimum Gasteiger partial charge on any atom is -0.450 e. The number of hydrogen-bond acceptors (Lipinski definition) is 4. The second-order valence-corrected chi connectivity index (χ2v) is 9.00. The molecule has 1 aliphatic rings. The minimum atomic E-state index is -0.228. The summed E-state index contributed by atoms with van der Waals surface area (Å²) in [5.74, 6) is 0.278. The van der Waals surface area contributed by atoms with Crippen molar-refractivity contribution in [2.75, 3.05) is 19.7 Å². The van der Waals surface area contributed by atoms with Gasteiger partial charge in [0, 0.05) is 24.2 Å². The smallest absolute Gasteiger partial charge is 0.409 e. The summed E-state index contributed by atoms with van der Waals surface area (Å²) in [7, 11) is 0. The van der Waals surface area contributed by atoms with Gasteiger partial charge in [-0.1, -0.05) is 78.9 Å². The van der Waals surface area contributed by atoms with E-state index in [1.807, 2.05) is 49.5 Å². The average molecular weight is 482 g/mol. The molecule has 6 nitrogen and oxygen atoms in total. The molecule has 0 unspecified atom stereocenters. The van der Waals surface area contributed by atoms with Gasteiger partial charge in [-0.2, -0.15) is 0 Å². The first kappa shape index (κ1) is 23.7. The van der Waals surface area contributed by atoms with Crippen molar-refractivity contribution >= 4 is 6.09 Å². The fraction of sp³-hybridized carbons (Fsp3) is 0.267. The van der Waals surface area contributed by atoms with Crippen LogP contribution in [0.2, 0.25) is 0 Å². The number of hydrogen-bond donors (Lipinski definition) is 0. The summed E-state index contributed by atoms with van der Waals surface area (Å²) in [6, 6.07) is 29.0. The molecule has 1 fully saturated rings. The van der Waals surface area contributed by atoms with E-state index in [9.17, 15) is 4.79 Å². The maximum atomic E-state index is 12.2. The van der Waals surface area contributed by atoms with E-state index in [4.69, 9.17) is 14.7 Å². The van der Waals surface area contributed by atoms with E-state index in [0.717, 1.165) is 40.8 Å². The molecule has 5 rings (SSSR count). The van der Waals surface area contributed by atoms with Gasteiger partial charge in [-0.3, -0.25) is 0 Å². The quantitative estimate of drug-likeness (QED) is 0.316. The number of piperidine rings is 1. The summed E-state index contributed by atoms with van der Waals surface area (Å²) >= 11 is 0. The van der Waals surface area contributed by atoms with Crippen LogP contribution in [-0.2, 0) is 11.3 Å². The zero-order valence-electron chi connectivity index (χ0n) is 20.5. The van der Waals surface area contributed by atoms with Gasteiger partial charge in [0.25, 0.3) is 0 Å². The first-order valence-corrected chi connectivity index (χ1v) is 12.6. The number of ether oxygens (including phenoxy) is 1. The van der Waals surface area contributed by atoms with Crippen LogP contribution in [0.3, 0.4) is 0 Å². The van der Waals surface area contributed by atoms with Crippen molar-refractivity contribution in [2.24, 2.45) is 0 Å². The SMILES string of the molecule is CCOC(=O)N1CCC(c2cn(OCc3ccccc3)nc2-c2cccc(-c3ccccc3)c2)CC1. The molecule has 0 bridgehead atoms. The van der Waals surface area contributed by atoms with Gasteiger partial charge in [0.2, 0.25) is 0 Å². The second-order valence-electron chi connectivity index (χ2n) is 9.00. The number of carbonyl (C=O) groups is 1. The summed E-state index contributed by atoms with van der Waals surface area (Å²) in [6.07, 6.45) is 3.50. The van der Waals surface area contributed by atoms with Crippen LogP contribution in [-0.4, -0.2) is 40.6 Å². The summed E-state index contributed by atoms with van der Waals surface area (Å²) in [4.78, 5) is 21.6. The third kappa shape index (κ3) is 5.43. The number of amides is 1. The summed E-state index contributed by atoms with van der Waals surface area (Å²) in [5, 5.41) is 4.88. The van der Waals surface area contributed by atoms with Gasteiger partial charge in [-0.25, -0.2) is 4.79 Å². The fourth-order valence-electron chi connectivity index (χ4n) is 4.73. The second kappa shape index (κ2) is 11.1. The van der Waals surface area contributed by atoms with Gasteiger partial charge < -0.3 is 14.5 Å². The van der Waals surface area contributed by atoms with E-state index in [2.05, 4.69) is 48.5 Å². The lowest BCUT2D eigenvalue weighted by Crippen LogP contribution is -2.38. The van der Waals surface area contributed by atoms with Crippen molar-refractivity contribution in [2.45, 2.75) is 32.3 Å². The van der Waals surface area contributed by atoms with Crippen LogP contribution in [0.1, 0.15) is 36.8 Å². The molecule has 1 amide bonds. The molecule has 36 heavy (non-hydrogen) atoms. The first-order valence-electron chi connectivity index (χ1n) is 12.6. The third-order valence-electron chi connectivity index (χ3n) is 6.63. The van der Waals surface area contributed by atoms with E-state index in [1.165, 1.54) is 5.56 Å². The lowest BCUT2D eigenvalue weighted by Gasteiger charge is -2.31. The van der Waals surface area contributed by atoms with Gasteiger partial charge in [0.1, 0.15) is 6.61 Å². The summed E-state index contributed by atoms with van der Waals surface area (Å²) < 4.78 is 5.20. The van der Waals surface area contributed by atoms with Gasteiger partial charge >= 0.3 is 6.09 Å². The maximum absolute atomic E-state index is 12.2. The third-order valence-corrected chi connectivity index (χ3v) is 6.63. The molecule has 1 aliphatic heterocycles. The van der Waals surface area contributed by atoms with Crippen LogP contribution in [0.5, 0.6) is 0 Å². The Morgan fingerprint density at radius 2 is 1.56 bits per heavy atom. The first-order chi connectivity index (χ1) is 17.7. The highest BCUT2D eigenvalue weighted by atomic mass is 16.7. The normalized spacial score (nSPS) is 14.0. The highest BCUT2D eigenvalue weighted by Crippen LogP contribution is 2.36. The number of benzene rings is 3. The van der Waals surface area contributed by atoms with Crippen molar-refractivity contribution in [1.82, 2.24) is 14.8 Å². The fourth-order valence-corrected chi connectivity index (χ4v) is 4.73. The molecule has 1 saturated heterocycles. The Labute approximate surface area is 212 Å². The van der Waals surface area contributed by atoms with Crippen LogP contribution in [0.15, 0.2) is 91.1 Å². The standard InChI is InChI=1S/C30H31N3O3/c1-2-35-30(34)32-18-16-25(17-19-32)28-21-33(36-22-23-10-5-3-6-11-23)31-29(28)27-15-9-14-26(20-27)24-12-7-4-8-13-24/h3-15,20-21,25H,2,16-19,22H2,1H3. The summed E-state index contributed by atoms with van der Waals surface area (Å²) in [5.41, 5.74) is 6.54. The highest BCUT2D eigenvalue weighted by Gasteiger charge is 2.28. The molecule has 1 aromatic heterocycles. The van der Waals surface area contributed by atoms with Crippen molar-refractivity contribution in [3.63, 3.8) is 0 Å². The largest absolute Gasteiger partial charge is 0.450 e. The summed E-state index contributed by atoms with van der Waals surface area (Å²) in [6.45, 7) is 4.01.